The van der Waals surface area contributed by atoms with Crippen LogP contribution >= 0.6 is 0 Å². The molecule has 0 saturated heterocycles. The Balaban J connectivity index is 1.36. The van der Waals surface area contributed by atoms with Crippen molar-refractivity contribution in [3.63, 3.8) is 0 Å². The Morgan fingerprint density at radius 3 is 2.63 bits per heavy atom. The Labute approximate surface area is 178 Å². The van der Waals surface area contributed by atoms with Gasteiger partial charge in [0.2, 0.25) is 5.91 Å². The molecular weight excluding hydrogens is 372 g/mol. The van der Waals surface area contributed by atoms with Gasteiger partial charge in [0, 0.05) is 30.5 Å². The van der Waals surface area contributed by atoms with E-state index in [1.54, 1.807) is 0 Å². The number of anilines is 1. The van der Waals surface area contributed by atoms with E-state index in [0.717, 1.165) is 42.0 Å². The molecule has 0 aliphatic carbocycles. The number of hydrogen-bond acceptors (Lipinski definition) is 3. The van der Waals surface area contributed by atoms with Crippen molar-refractivity contribution in [3.05, 3.63) is 83.2 Å². The number of carbonyl (C=O) groups excluding carboxylic acids is 1. The lowest BCUT2D eigenvalue weighted by molar-refractivity contribution is -0.117. The predicted molar refractivity (Wildman–Crippen MR) is 122 cm³/mol. The van der Waals surface area contributed by atoms with Gasteiger partial charge in [-0.25, -0.2) is 4.68 Å². The van der Waals surface area contributed by atoms with E-state index in [4.69, 9.17) is 0 Å². The minimum atomic E-state index is 0.0349. The van der Waals surface area contributed by atoms with Gasteiger partial charge in [0.05, 0.1) is 18.4 Å². The van der Waals surface area contributed by atoms with Gasteiger partial charge in [-0.1, -0.05) is 35.9 Å². The lowest BCUT2D eigenvalue weighted by Crippen LogP contribution is -2.36. The topological polar surface area (TPSA) is 50.2 Å². The maximum absolute atomic E-state index is 12.5. The molecule has 0 spiro atoms. The molecule has 2 aromatic carbocycles. The molecule has 1 N–H and O–H groups in total. The molecule has 0 atom stereocenters. The summed E-state index contributed by atoms with van der Waals surface area (Å²) in [4.78, 5) is 14.7. The van der Waals surface area contributed by atoms with Gasteiger partial charge in [0.1, 0.15) is 0 Å². The first-order chi connectivity index (χ1) is 14.5. The molecule has 1 amide bonds. The minimum Gasteiger partial charge on any atom is -0.325 e. The van der Waals surface area contributed by atoms with Crippen LogP contribution in [0.25, 0.3) is 11.3 Å². The van der Waals surface area contributed by atoms with Crippen LogP contribution in [0.5, 0.6) is 0 Å². The van der Waals surface area contributed by atoms with Crippen molar-refractivity contribution in [2.24, 2.45) is 0 Å². The van der Waals surface area contributed by atoms with Gasteiger partial charge >= 0.3 is 0 Å². The third-order valence-corrected chi connectivity index (χ3v) is 5.79. The number of aromatic nitrogens is 2. The molecular formula is C25H28N4O. The number of rotatable bonds is 5. The summed E-state index contributed by atoms with van der Waals surface area (Å²) in [6.45, 7) is 8.21. The van der Waals surface area contributed by atoms with Crippen molar-refractivity contribution in [1.82, 2.24) is 14.7 Å². The van der Waals surface area contributed by atoms with E-state index < -0.39 is 0 Å². The van der Waals surface area contributed by atoms with Crippen LogP contribution in [0.1, 0.15) is 28.7 Å². The number of carbonyl (C=O) groups is 1. The monoisotopic (exact) mass is 400 g/mol. The summed E-state index contributed by atoms with van der Waals surface area (Å²) in [6.07, 6.45) is 7.13. The summed E-state index contributed by atoms with van der Waals surface area (Å²) >= 11 is 0. The lowest BCUT2D eigenvalue weighted by Gasteiger charge is -2.25. The van der Waals surface area contributed by atoms with Crippen molar-refractivity contribution in [1.29, 1.82) is 0 Å². The van der Waals surface area contributed by atoms with Crippen molar-refractivity contribution < 1.29 is 4.79 Å². The molecule has 0 radical (unpaired) electrons. The van der Waals surface area contributed by atoms with Crippen LogP contribution in [-0.4, -0.2) is 40.2 Å². The fourth-order valence-electron chi connectivity index (χ4n) is 3.72. The van der Waals surface area contributed by atoms with Crippen LogP contribution in [0.2, 0.25) is 0 Å². The Kier molecular flexibility index (Phi) is 5.81. The smallest absolute Gasteiger partial charge is 0.238 e. The fourth-order valence-corrected chi connectivity index (χ4v) is 3.72. The van der Waals surface area contributed by atoms with Crippen LogP contribution in [0.4, 0.5) is 5.69 Å². The molecule has 1 aromatic heterocycles. The van der Waals surface area contributed by atoms with Gasteiger partial charge in [-0.3, -0.25) is 9.69 Å². The van der Waals surface area contributed by atoms with Gasteiger partial charge in [-0.2, -0.15) is 5.10 Å². The summed E-state index contributed by atoms with van der Waals surface area (Å²) in [5.74, 6) is 0.0349. The summed E-state index contributed by atoms with van der Waals surface area (Å²) in [5.41, 5.74) is 7.95. The van der Waals surface area contributed by atoms with Crippen LogP contribution in [0.3, 0.4) is 0 Å². The summed E-state index contributed by atoms with van der Waals surface area (Å²) in [6, 6.07) is 14.3. The van der Waals surface area contributed by atoms with Crippen LogP contribution in [0, 0.1) is 20.8 Å². The lowest BCUT2D eigenvalue weighted by atomic mass is 10.0. The highest BCUT2D eigenvalue weighted by atomic mass is 16.2. The van der Waals surface area contributed by atoms with Gasteiger partial charge in [0.25, 0.3) is 0 Å². The van der Waals surface area contributed by atoms with Crippen molar-refractivity contribution in [2.75, 3.05) is 25.0 Å². The average molecular weight is 401 g/mol. The number of hydrogen-bond donors (Lipinski definition) is 1. The van der Waals surface area contributed by atoms with Crippen LogP contribution in [-0.2, 0) is 4.79 Å². The van der Waals surface area contributed by atoms with Gasteiger partial charge in [-0.05, 0) is 62.1 Å². The standard InChI is InChI=1S/C25H28N4O/c1-18-7-9-23(10-8-18)29-16-22(15-26-29)21-11-13-28(14-12-21)17-25(30)27-24-6-4-5-19(2)20(24)3/h4-11,15-16H,12-14,17H2,1-3H3,(H,27,30). The second kappa shape index (κ2) is 8.67. The number of nitrogens with zero attached hydrogens (tertiary/aromatic N) is 3. The average Bonchev–Trinajstić information content (AvgIpc) is 3.23. The van der Waals surface area contributed by atoms with Crippen molar-refractivity contribution in [3.8, 4) is 5.69 Å². The summed E-state index contributed by atoms with van der Waals surface area (Å²) in [5, 5.41) is 7.57. The van der Waals surface area contributed by atoms with E-state index in [1.165, 1.54) is 16.7 Å². The molecule has 0 fully saturated rings. The zero-order valence-electron chi connectivity index (χ0n) is 17.9. The molecule has 0 unspecified atom stereocenters. The minimum absolute atomic E-state index is 0.0349. The molecule has 3 aromatic rings. The number of amides is 1. The van der Waals surface area contributed by atoms with Crippen LogP contribution < -0.4 is 5.32 Å². The van der Waals surface area contributed by atoms with E-state index in [0.29, 0.717) is 6.54 Å². The second-order valence-electron chi connectivity index (χ2n) is 8.02. The van der Waals surface area contributed by atoms with E-state index in [9.17, 15) is 4.79 Å². The molecule has 154 valence electrons. The SMILES string of the molecule is Cc1ccc(-n2cc(C3=CCN(CC(=O)Nc4cccc(C)c4C)CC3)cn2)cc1. The van der Waals surface area contributed by atoms with E-state index in [1.807, 2.05) is 29.9 Å². The normalized spacial score (nSPS) is 14.4. The first-order valence-corrected chi connectivity index (χ1v) is 10.4. The highest BCUT2D eigenvalue weighted by Crippen LogP contribution is 2.23. The zero-order chi connectivity index (χ0) is 21.1. The van der Waals surface area contributed by atoms with Crippen molar-refractivity contribution in [2.45, 2.75) is 27.2 Å². The fraction of sp³-hybridized carbons (Fsp3) is 0.280. The highest BCUT2D eigenvalue weighted by molar-refractivity contribution is 5.93. The molecule has 4 rings (SSSR count). The first-order valence-electron chi connectivity index (χ1n) is 10.4. The van der Waals surface area contributed by atoms with E-state index >= 15 is 0 Å². The molecule has 1 aliphatic rings. The Bertz CT molecular complexity index is 1080. The Morgan fingerprint density at radius 2 is 1.90 bits per heavy atom. The molecule has 5 heteroatoms. The summed E-state index contributed by atoms with van der Waals surface area (Å²) in [7, 11) is 0. The molecule has 0 saturated carbocycles. The number of aryl methyl sites for hydroxylation is 2. The molecule has 5 nitrogen and oxygen atoms in total. The van der Waals surface area contributed by atoms with Gasteiger partial charge < -0.3 is 5.32 Å². The number of benzene rings is 2. The maximum atomic E-state index is 12.5. The molecule has 2 heterocycles. The second-order valence-corrected chi connectivity index (χ2v) is 8.02. The number of nitrogens with one attached hydrogen (secondary N) is 1. The maximum Gasteiger partial charge on any atom is 0.238 e. The van der Waals surface area contributed by atoms with Gasteiger partial charge in [-0.15, -0.1) is 0 Å². The first kappa shape index (κ1) is 20.1. The third-order valence-electron chi connectivity index (χ3n) is 5.79. The zero-order valence-corrected chi connectivity index (χ0v) is 17.9. The highest BCUT2D eigenvalue weighted by Gasteiger charge is 2.17. The molecule has 30 heavy (non-hydrogen) atoms. The van der Waals surface area contributed by atoms with Gasteiger partial charge in [0.15, 0.2) is 0 Å². The van der Waals surface area contributed by atoms with E-state index in [2.05, 4.69) is 71.8 Å². The largest absolute Gasteiger partial charge is 0.325 e. The van der Waals surface area contributed by atoms with Crippen molar-refractivity contribution >= 4 is 17.2 Å². The predicted octanol–water partition coefficient (Wildman–Crippen LogP) is 4.53. The van der Waals surface area contributed by atoms with E-state index in [-0.39, 0.29) is 5.91 Å². The quantitative estimate of drug-likeness (QED) is 0.685. The Hall–Kier alpha value is -3.18. The Morgan fingerprint density at radius 1 is 1.10 bits per heavy atom. The molecule has 1 aliphatic heterocycles. The summed E-state index contributed by atoms with van der Waals surface area (Å²) < 4.78 is 1.92. The third kappa shape index (κ3) is 4.52. The molecule has 0 bridgehead atoms. The van der Waals surface area contributed by atoms with Crippen LogP contribution in [0.15, 0.2) is 60.9 Å².